The quantitative estimate of drug-likeness (QED) is 0.664. The fourth-order valence-corrected chi connectivity index (χ4v) is 2.44. The number of carbonyl (C=O) groups excluding carboxylic acids is 1. The first-order valence-corrected chi connectivity index (χ1v) is 6.23. The van der Waals surface area contributed by atoms with E-state index < -0.39 is 11.5 Å². The molecule has 0 aromatic heterocycles. The summed E-state index contributed by atoms with van der Waals surface area (Å²) in [6.45, 7) is 2.28. The van der Waals surface area contributed by atoms with Gasteiger partial charge in [0.2, 0.25) is 5.91 Å². The zero-order valence-corrected chi connectivity index (χ0v) is 10.6. The predicted octanol–water partition coefficient (Wildman–Crippen LogP) is 0.746. The van der Waals surface area contributed by atoms with Crippen molar-refractivity contribution in [2.24, 2.45) is 5.92 Å². The van der Waals surface area contributed by atoms with E-state index in [1.165, 1.54) is 0 Å². The van der Waals surface area contributed by atoms with Crippen molar-refractivity contribution in [1.29, 1.82) is 0 Å². The number of carboxylic acids is 1. The van der Waals surface area contributed by atoms with Gasteiger partial charge >= 0.3 is 5.97 Å². The standard InChI is InChI=1S/C12H22N2O3/c1-3-9-4-6-12(7-5-9,11(16)17)14-10(15)8-13-2/h9,13H,3-8H2,1-2H3,(H,14,15)(H,16,17). The highest BCUT2D eigenvalue weighted by Gasteiger charge is 2.42. The lowest BCUT2D eigenvalue weighted by atomic mass is 9.75. The maximum absolute atomic E-state index is 11.5. The van der Waals surface area contributed by atoms with E-state index in [9.17, 15) is 14.7 Å². The molecule has 0 aliphatic heterocycles. The van der Waals surface area contributed by atoms with Gasteiger partial charge in [0.05, 0.1) is 6.54 Å². The van der Waals surface area contributed by atoms with Crippen molar-refractivity contribution in [3.8, 4) is 0 Å². The Bertz CT molecular complexity index is 283. The van der Waals surface area contributed by atoms with Gasteiger partial charge in [0, 0.05) is 0 Å². The van der Waals surface area contributed by atoms with E-state index in [0.717, 1.165) is 19.3 Å². The molecule has 98 valence electrons. The van der Waals surface area contributed by atoms with Crippen molar-refractivity contribution in [2.45, 2.75) is 44.6 Å². The average Bonchev–Trinajstić information content (AvgIpc) is 2.30. The third kappa shape index (κ3) is 3.43. The monoisotopic (exact) mass is 242 g/mol. The van der Waals surface area contributed by atoms with Crippen molar-refractivity contribution in [3.05, 3.63) is 0 Å². The second kappa shape index (κ2) is 6.00. The van der Waals surface area contributed by atoms with Gasteiger partial charge in [-0.3, -0.25) is 4.79 Å². The van der Waals surface area contributed by atoms with Crippen LogP contribution in [0.15, 0.2) is 0 Å². The number of amides is 1. The van der Waals surface area contributed by atoms with Gasteiger partial charge in [0.25, 0.3) is 0 Å². The van der Waals surface area contributed by atoms with Gasteiger partial charge in [0.15, 0.2) is 0 Å². The molecule has 0 spiro atoms. The molecule has 1 fully saturated rings. The van der Waals surface area contributed by atoms with Crippen LogP contribution in [0.3, 0.4) is 0 Å². The third-order valence-electron chi connectivity index (χ3n) is 3.66. The summed E-state index contributed by atoms with van der Waals surface area (Å²) < 4.78 is 0. The zero-order chi connectivity index (χ0) is 12.9. The van der Waals surface area contributed by atoms with E-state index in [1.54, 1.807) is 7.05 Å². The molecule has 1 amide bonds. The summed E-state index contributed by atoms with van der Waals surface area (Å²) in [5.41, 5.74) is -1.04. The number of carboxylic acid groups (broad SMARTS) is 1. The fourth-order valence-electron chi connectivity index (χ4n) is 2.44. The predicted molar refractivity (Wildman–Crippen MR) is 64.7 cm³/mol. The van der Waals surface area contributed by atoms with Crippen LogP contribution in [-0.4, -0.2) is 36.1 Å². The highest BCUT2D eigenvalue weighted by Crippen LogP contribution is 2.33. The van der Waals surface area contributed by atoms with Crippen LogP contribution in [-0.2, 0) is 9.59 Å². The molecule has 1 aliphatic rings. The molecule has 5 nitrogen and oxygen atoms in total. The van der Waals surface area contributed by atoms with Crippen LogP contribution in [0.25, 0.3) is 0 Å². The SMILES string of the molecule is CCC1CCC(NC(=O)CNC)(C(=O)O)CC1. The van der Waals surface area contributed by atoms with Gasteiger partial charge in [-0.1, -0.05) is 13.3 Å². The molecule has 5 heteroatoms. The van der Waals surface area contributed by atoms with Crippen LogP contribution in [0.2, 0.25) is 0 Å². The summed E-state index contributed by atoms with van der Waals surface area (Å²) in [5.74, 6) is -0.551. The highest BCUT2D eigenvalue weighted by molar-refractivity contribution is 5.87. The summed E-state index contributed by atoms with van der Waals surface area (Å²) >= 11 is 0. The summed E-state index contributed by atoms with van der Waals surface area (Å²) in [4.78, 5) is 22.9. The summed E-state index contributed by atoms with van der Waals surface area (Å²) in [6, 6.07) is 0. The van der Waals surface area contributed by atoms with E-state index >= 15 is 0 Å². The van der Waals surface area contributed by atoms with Gasteiger partial charge < -0.3 is 15.7 Å². The van der Waals surface area contributed by atoms with Crippen molar-refractivity contribution in [3.63, 3.8) is 0 Å². The van der Waals surface area contributed by atoms with Crippen molar-refractivity contribution >= 4 is 11.9 Å². The number of rotatable bonds is 5. The van der Waals surface area contributed by atoms with Crippen molar-refractivity contribution < 1.29 is 14.7 Å². The Morgan fingerprint density at radius 1 is 1.35 bits per heavy atom. The Balaban J connectivity index is 2.65. The van der Waals surface area contributed by atoms with E-state index in [4.69, 9.17) is 0 Å². The number of hydrogen-bond donors (Lipinski definition) is 3. The Kier molecular flexibility index (Phi) is 4.93. The molecule has 1 saturated carbocycles. The van der Waals surface area contributed by atoms with Gasteiger partial charge in [-0.05, 0) is 38.6 Å². The first kappa shape index (κ1) is 14.0. The molecule has 0 aromatic rings. The van der Waals surface area contributed by atoms with E-state index in [-0.39, 0.29) is 12.5 Å². The topological polar surface area (TPSA) is 78.4 Å². The Morgan fingerprint density at radius 3 is 2.35 bits per heavy atom. The third-order valence-corrected chi connectivity index (χ3v) is 3.66. The molecular weight excluding hydrogens is 220 g/mol. The van der Waals surface area contributed by atoms with Crippen LogP contribution in [0.5, 0.6) is 0 Å². The van der Waals surface area contributed by atoms with Crippen LogP contribution in [0, 0.1) is 5.92 Å². The molecule has 0 unspecified atom stereocenters. The lowest BCUT2D eigenvalue weighted by Gasteiger charge is -2.37. The fraction of sp³-hybridized carbons (Fsp3) is 0.833. The summed E-state index contributed by atoms with van der Waals surface area (Å²) in [5, 5.41) is 14.7. The minimum atomic E-state index is -1.04. The number of likely N-dealkylation sites (N-methyl/N-ethyl adjacent to an activating group) is 1. The second-order valence-electron chi connectivity index (χ2n) is 4.82. The molecule has 3 N–H and O–H groups in total. The average molecular weight is 242 g/mol. The van der Waals surface area contributed by atoms with Crippen LogP contribution >= 0.6 is 0 Å². The summed E-state index contributed by atoms with van der Waals surface area (Å²) in [7, 11) is 1.67. The van der Waals surface area contributed by atoms with Gasteiger partial charge in [-0.15, -0.1) is 0 Å². The van der Waals surface area contributed by atoms with E-state index in [1.807, 2.05) is 0 Å². The van der Waals surface area contributed by atoms with Crippen LogP contribution < -0.4 is 10.6 Å². The lowest BCUT2D eigenvalue weighted by molar-refractivity contribution is -0.149. The minimum absolute atomic E-state index is 0.159. The number of hydrogen-bond acceptors (Lipinski definition) is 3. The normalized spacial score (nSPS) is 28.7. The molecule has 0 bridgehead atoms. The Hall–Kier alpha value is -1.10. The molecule has 0 atom stereocenters. The van der Waals surface area contributed by atoms with Crippen molar-refractivity contribution in [2.75, 3.05) is 13.6 Å². The lowest BCUT2D eigenvalue weighted by Crippen LogP contribution is -2.57. The van der Waals surface area contributed by atoms with E-state index in [2.05, 4.69) is 17.6 Å². The largest absolute Gasteiger partial charge is 0.480 e. The van der Waals surface area contributed by atoms with E-state index in [0.29, 0.717) is 18.8 Å². The summed E-state index contributed by atoms with van der Waals surface area (Å²) in [6.07, 6.45) is 3.91. The smallest absolute Gasteiger partial charge is 0.329 e. The second-order valence-corrected chi connectivity index (χ2v) is 4.82. The number of carbonyl (C=O) groups is 2. The maximum Gasteiger partial charge on any atom is 0.329 e. The number of aliphatic carboxylic acids is 1. The molecule has 1 rings (SSSR count). The molecule has 17 heavy (non-hydrogen) atoms. The van der Waals surface area contributed by atoms with Gasteiger partial charge in [0.1, 0.15) is 5.54 Å². The molecular formula is C12H22N2O3. The molecule has 0 saturated heterocycles. The molecule has 0 heterocycles. The Labute approximate surface area is 102 Å². The Morgan fingerprint density at radius 2 is 1.94 bits per heavy atom. The maximum atomic E-state index is 11.5. The zero-order valence-electron chi connectivity index (χ0n) is 10.6. The van der Waals surface area contributed by atoms with Crippen molar-refractivity contribution in [1.82, 2.24) is 10.6 Å². The van der Waals surface area contributed by atoms with Crippen LogP contribution in [0.4, 0.5) is 0 Å². The molecule has 1 aliphatic carbocycles. The molecule has 0 radical (unpaired) electrons. The number of nitrogens with one attached hydrogen (secondary N) is 2. The first-order valence-electron chi connectivity index (χ1n) is 6.23. The van der Waals surface area contributed by atoms with Gasteiger partial charge in [-0.25, -0.2) is 4.79 Å². The van der Waals surface area contributed by atoms with Gasteiger partial charge in [-0.2, -0.15) is 0 Å². The first-order chi connectivity index (χ1) is 8.04. The molecule has 0 aromatic carbocycles. The van der Waals surface area contributed by atoms with Crippen LogP contribution in [0.1, 0.15) is 39.0 Å². The minimum Gasteiger partial charge on any atom is -0.480 e. The highest BCUT2D eigenvalue weighted by atomic mass is 16.4.